The maximum Gasteiger partial charge on any atom is 0.432 e. The number of hydrazine groups is 1. The van der Waals surface area contributed by atoms with Crippen LogP contribution in [0.3, 0.4) is 0 Å². The van der Waals surface area contributed by atoms with Gasteiger partial charge in [0, 0.05) is 29.0 Å². The number of anilines is 1. The predicted octanol–water partition coefficient (Wildman–Crippen LogP) is 9.26. The number of nitrogens with two attached hydrogens (primary N) is 1. The van der Waals surface area contributed by atoms with Crippen molar-refractivity contribution < 1.29 is 49.4 Å². The minimum absolute atomic E-state index is 0.00694. The van der Waals surface area contributed by atoms with Crippen molar-refractivity contribution in [1.82, 2.24) is 30.2 Å². The number of nitrogens with one attached hydrogen (secondary N) is 4. The highest BCUT2D eigenvalue weighted by atomic mass is 19.4. The van der Waals surface area contributed by atoms with Gasteiger partial charge in [0.05, 0.1) is 18.4 Å². The van der Waals surface area contributed by atoms with E-state index in [2.05, 4.69) is 30.6 Å². The lowest BCUT2D eigenvalue weighted by molar-refractivity contribution is -0.144. The number of ether oxygens (including phenoxy) is 1. The predicted molar refractivity (Wildman–Crippen MR) is 225 cm³/mol. The van der Waals surface area contributed by atoms with Crippen LogP contribution in [0.15, 0.2) is 114 Å². The summed E-state index contributed by atoms with van der Waals surface area (Å²) in [4.78, 5) is 37.6. The topological polar surface area (TPSA) is 177 Å². The van der Waals surface area contributed by atoms with Crippen LogP contribution in [0.4, 0.5) is 40.9 Å². The monoisotopic (exact) mass is 910 g/mol. The second-order valence-electron chi connectivity index (χ2n) is 14.5. The molecule has 1 atom stereocenters. The van der Waals surface area contributed by atoms with Crippen LogP contribution in [0.25, 0.3) is 17.1 Å². The zero-order valence-corrected chi connectivity index (χ0v) is 34.9. The largest absolute Gasteiger partial charge is 0.468 e. The molecule has 20 heteroatoms. The third-order valence-corrected chi connectivity index (χ3v) is 9.79. The molecule has 65 heavy (non-hydrogen) atoms. The molecule has 7 rings (SSSR count). The SMILES string of the molecule is COC(=O)C(CCc1ccc(F)cc1)C(=O)c1ccc(C(F)(F)F)cc1.Cc1cc(NN)n[nH]1.Cc1ccc(-c2[nH]n(-c3cc(C(F)(F)F)[nH]n3)c(=O)c2CCc2ccc(F)cc2)cc1. The van der Waals surface area contributed by atoms with E-state index in [1.165, 1.54) is 36.4 Å². The van der Waals surface area contributed by atoms with E-state index >= 15 is 0 Å². The Hall–Kier alpha value is -7.35. The molecule has 0 saturated carbocycles. The second-order valence-corrected chi connectivity index (χ2v) is 14.5. The molecule has 4 aromatic carbocycles. The second kappa shape index (κ2) is 21.3. The molecule has 0 radical (unpaired) electrons. The Morgan fingerprint density at radius 2 is 1.34 bits per heavy atom. The van der Waals surface area contributed by atoms with E-state index in [1.807, 2.05) is 49.3 Å². The molecule has 3 heterocycles. The van der Waals surface area contributed by atoms with Crippen LogP contribution < -0.4 is 16.8 Å². The number of esters is 1. The number of H-pyrrole nitrogens is 3. The number of halogens is 8. The molecule has 0 saturated heterocycles. The van der Waals surface area contributed by atoms with Gasteiger partial charge in [-0.25, -0.2) is 14.6 Å². The lowest BCUT2D eigenvalue weighted by atomic mass is 9.91. The van der Waals surface area contributed by atoms with Crippen molar-refractivity contribution in [3.63, 3.8) is 0 Å². The van der Waals surface area contributed by atoms with Crippen LogP contribution in [0.5, 0.6) is 0 Å². The number of hydrogen-bond donors (Lipinski definition) is 5. The van der Waals surface area contributed by atoms with E-state index in [0.717, 1.165) is 70.1 Å². The van der Waals surface area contributed by atoms with Crippen molar-refractivity contribution in [1.29, 1.82) is 0 Å². The number of benzene rings is 4. The van der Waals surface area contributed by atoms with Crippen molar-refractivity contribution in [2.45, 2.75) is 51.9 Å². The summed E-state index contributed by atoms with van der Waals surface area (Å²) in [6.07, 6.45) is -7.93. The van der Waals surface area contributed by atoms with E-state index in [0.29, 0.717) is 36.3 Å². The van der Waals surface area contributed by atoms with Gasteiger partial charge in [0.2, 0.25) is 0 Å². The molecule has 0 aliphatic carbocycles. The average molecular weight is 911 g/mol. The normalized spacial score (nSPS) is 11.8. The fourth-order valence-corrected chi connectivity index (χ4v) is 6.29. The summed E-state index contributed by atoms with van der Waals surface area (Å²) in [5.74, 6) is 2.22. The molecule has 342 valence electrons. The minimum atomic E-state index is -4.60. The minimum Gasteiger partial charge on any atom is -0.468 e. The van der Waals surface area contributed by atoms with Crippen molar-refractivity contribution in [3.05, 3.63) is 176 Å². The quantitative estimate of drug-likeness (QED) is 0.0201. The Labute approximate surface area is 365 Å². The number of nitrogens with zero attached hydrogens (tertiary/aromatic N) is 3. The zero-order valence-electron chi connectivity index (χ0n) is 34.9. The molecule has 0 amide bonds. The van der Waals surface area contributed by atoms with Crippen LogP contribution in [0, 0.1) is 31.4 Å². The lowest BCUT2D eigenvalue weighted by Crippen LogP contribution is -2.26. The smallest absolute Gasteiger partial charge is 0.432 e. The molecular formula is C45H42F8N8O4. The Bertz CT molecular complexity index is 2700. The first-order chi connectivity index (χ1) is 30.8. The van der Waals surface area contributed by atoms with Crippen LogP contribution in [-0.4, -0.2) is 49.0 Å². The summed E-state index contributed by atoms with van der Waals surface area (Å²) in [7, 11) is 1.13. The van der Waals surface area contributed by atoms with Crippen molar-refractivity contribution in [2.24, 2.45) is 11.8 Å². The molecular weight excluding hydrogens is 869 g/mol. The molecule has 12 nitrogen and oxygen atoms in total. The number of aromatic nitrogens is 6. The van der Waals surface area contributed by atoms with Gasteiger partial charge < -0.3 is 10.2 Å². The molecule has 0 spiro atoms. The highest BCUT2D eigenvalue weighted by molar-refractivity contribution is 6.08. The standard InChI is InChI=1S/C22H18F4N4O.C19H16F4O3.C4H8N4/c1-13-2-7-15(8-3-13)20-17(11-6-14-4-9-16(23)10-5-14)21(31)30(29-20)19-12-18(27-28-19)22(24,25)26;1-26-18(25)16(11-4-12-2-9-15(20)10-3-12)17(24)13-5-7-14(8-6-13)19(21,22)23;1-3-2-4(6-5)8-7-3/h2-5,7-10,12,29H,6,11H2,1H3,(H,27,28);2-3,5-10,16H,4,11H2,1H3;2H,5H2,1H3,(H2,6,7,8). The highest BCUT2D eigenvalue weighted by Crippen LogP contribution is 2.31. The third kappa shape index (κ3) is 13.3. The third-order valence-electron chi connectivity index (χ3n) is 9.79. The molecule has 0 fully saturated rings. The van der Waals surface area contributed by atoms with E-state index in [1.54, 1.807) is 12.1 Å². The number of Topliss-reactive ketones (excluding diaryl/α,β-unsaturated/α-hetero) is 1. The van der Waals surface area contributed by atoms with Crippen LogP contribution in [-0.2, 0) is 41.1 Å². The van der Waals surface area contributed by atoms with Crippen LogP contribution in [0.2, 0.25) is 0 Å². The van der Waals surface area contributed by atoms with Crippen molar-refractivity contribution >= 4 is 17.6 Å². The van der Waals surface area contributed by atoms with Gasteiger partial charge in [-0.3, -0.25) is 29.7 Å². The summed E-state index contributed by atoms with van der Waals surface area (Å²) in [6, 6.07) is 25.2. The first-order valence-electron chi connectivity index (χ1n) is 19.6. The number of rotatable bonds is 12. The first kappa shape index (κ1) is 48.7. The van der Waals surface area contributed by atoms with Crippen LogP contribution >= 0.6 is 0 Å². The number of methoxy groups -OCH3 is 1. The van der Waals surface area contributed by atoms with Crippen molar-refractivity contribution in [3.8, 4) is 17.1 Å². The number of aryl methyl sites for hydroxylation is 4. The average Bonchev–Trinajstić information content (AvgIpc) is 4.03. The van der Waals surface area contributed by atoms with Gasteiger partial charge in [-0.2, -0.15) is 41.2 Å². The fourth-order valence-electron chi connectivity index (χ4n) is 6.29. The number of nitrogen functional groups attached to an aromatic ring is 1. The van der Waals surface area contributed by atoms with Gasteiger partial charge in [-0.15, -0.1) is 0 Å². The van der Waals surface area contributed by atoms with E-state index < -0.39 is 52.7 Å². The number of carbonyl (C=O) groups is 2. The zero-order chi connectivity index (χ0) is 47.5. The Morgan fingerprint density at radius 1 is 0.754 bits per heavy atom. The Morgan fingerprint density at radius 3 is 1.82 bits per heavy atom. The summed E-state index contributed by atoms with van der Waals surface area (Å²) in [6.45, 7) is 3.84. The highest BCUT2D eigenvalue weighted by Gasteiger charge is 2.34. The van der Waals surface area contributed by atoms with Gasteiger partial charge in [0.25, 0.3) is 5.56 Å². The summed E-state index contributed by atoms with van der Waals surface area (Å²) < 4.78 is 108. The molecule has 1 unspecified atom stereocenters. The Balaban J connectivity index is 0.000000211. The number of carbonyl (C=O) groups excluding carboxylic acids is 2. The summed E-state index contributed by atoms with van der Waals surface area (Å²) in [5, 5.41) is 15.0. The molecule has 0 aliphatic rings. The molecule has 7 aromatic rings. The number of aromatic amines is 3. The summed E-state index contributed by atoms with van der Waals surface area (Å²) >= 11 is 0. The van der Waals surface area contributed by atoms with E-state index in [4.69, 9.17) is 5.84 Å². The Kier molecular flexibility index (Phi) is 16.0. The van der Waals surface area contributed by atoms with Gasteiger partial charge in [-0.05, 0) is 92.6 Å². The molecule has 0 aliphatic heterocycles. The maximum absolute atomic E-state index is 13.2. The van der Waals surface area contributed by atoms with E-state index in [9.17, 15) is 49.5 Å². The molecule has 3 aromatic heterocycles. The molecule has 0 bridgehead atoms. The maximum atomic E-state index is 13.2. The number of alkyl halides is 6. The van der Waals surface area contributed by atoms with Crippen LogP contribution in [0.1, 0.15) is 56.0 Å². The van der Waals surface area contributed by atoms with Gasteiger partial charge in [-0.1, -0.05) is 66.2 Å². The molecule has 6 N–H and O–H groups in total. The number of ketones is 1. The van der Waals surface area contributed by atoms with Gasteiger partial charge in [0.1, 0.15) is 23.2 Å². The van der Waals surface area contributed by atoms with Gasteiger partial charge in [0.15, 0.2) is 17.4 Å². The summed E-state index contributed by atoms with van der Waals surface area (Å²) in [5.41, 5.74) is 5.20. The van der Waals surface area contributed by atoms with E-state index in [-0.39, 0.29) is 23.6 Å². The number of hydrogen-bond acceptors (Lipinski definition) is 8. The fraction of sp³-hybridized carbons (Fsp3) is 0.222. The van der Waals surface area contributed by atoms with Crippen molar-refractivity contribution in [2.75, 3.05) is 12.5 Å². The lowest BCUT2D eigenvalue weighted by Gasteiger charge is -2.14. The first-order valence-corrected chi connectivity index (χ1v) is 19.6. The van der Waals surface area contributed by atoms with Gasteiger partial charge >= 0.3 is 18.3 Å².